The van der Waals surface area contributed by atoms with Gasteiger partial charge < -0.3 is 24.4 Å². The van der Waals surface area contributed by atoms with E-state index in [-0.39, 0.29) is 12.4 Å². The quantitative estimate of drug-likeness (QED) is 0.463. The molecular formula is C16H25N3O4. The zero-order chi connectivity index (χ0) is 17.2. The molecule has 0 atom stereocenters. The van der Waals surface area contributed by atoms with E-state index in [1.807, 2.05) is 30.1 Å². The van der Waals surface area contributed by atoms with Crippen LogP contribution in [0.5, 0.6) is 11.5 Å². The van der Waals surface area contributed by atoms with Crippen molar-refractivity contribution in [3.8, 4) is 11.5 Å². The molecule has 0 fully saturated rings. The van der Waals surface area contributed by atoms with Gasteiger partial charge in [0, 0.05) is 38.8 Å². The number of nitrogens with zero attached hydrogens (tertiary/aromatic N) is 2. The highest BCUT2D eigenvalue weighted by atomic mass is 16.5. The summed E-state index contributed by atoms with van der Waals surface area (Å²) in [5.74, 6) is 1.93. The lowest BCUT2D eigenvalue weighted by Crippen LogP contribution is -2.39. The molecule has 0 bridgehead atoms. The maximum absolute atomic E-state index is 11.1. The van der Waals surface area contributed by atoms with E-state index >= 15 is 0 Å². The predicted molar refractivity (Wildman–Crippen MR) is 89.0 cm³/mol. The van der Waals surface area contributed by atoms with Crippen molar-refractivity contribution >= 4 is 11.9 Å². The minimum Gasteiger partial charge on any atom is -0.497 e. The molecule has 1 rings (SSSR count). The van der Waals surface area contributed by atoms with Crippen LogP contribution in [0, 0.1) is 0 Å². The molecule has 23 heavy (non-hydrogen) atoms. The number of aliphatic imine (C=N–C) groups is 1. The van der Waals surface area contributed by atoms with E-state index in [0.29, 0.717) is 19.0 Å². The normalized spacial score (nSPS) is 10.9. The number of hydrogen-bond donors (Lipinski definition) is 1. The van der Waals surface area contributed by atoms with E-state index in [1.54, 1.807) is 21.3 Å². The molecule has 0 saturated carbocycles. The first-order chi connectivity index (χ1) is 11.0. The van der Waals surface area contributed by atoms with Gasteiger partial charge in [0.2, 0.25) is 0 Å². The Bertz CT molecular complexity index is 546. The summed E-state index contributed by atoms with van der Waals surface area (Å²) in [6.45, 7) is 1.06. The van der Waals surface area contributed by atoms with Crippen molar-refractivity contribution in [1.29, 1.82) is 0 Å². The van der Waals surface area contributed by atoms with Gasteiger partial charge in [0.15, 0.2) is 5.96 Å². The molecule has 0 heterocycles. The monoisotopic (exact) mass is 323 g/mol. The molecule has 1 aromatic carbocycles. The van der Waals surface area contributed by atoms with Gasteiger partial charge >= 0.3 is 5.97 Å². The number of esters is 1. The van der Waals surface area contributed by atoms with Crippen molar-refractivity contribution in [1.82, 2.24) is 10.2 Å². The standard InChI is InChI=1S/C16H25N3O4/c1-17-16(18-9-8-15(20)23-5)19(2)11-12-6-7-13(21-3)10-14(12)22-4/h6-7,10H,8-9,11H2,1-5H3,(H,17,18). The highest BCUT2D eigenvalue weighted by Gasteiger charge is 2.11. The summed E-state index contributed by atoms with van der Waals surface area (Å²) in [6, 6.07) is 5.69. The molecule has 0 aliphatic carbocycles. The number of nitrogens with one attached hydrogen (secondary N) is 1. The average Bonchev–Trinajstić information content (AvgIpc) is 2.58. The van der Waals surface area contributed by atoms with Gasteiger partial charge in [-0.15, -0.1) is 0 Å². The number of carbonyl (C=O) groups is 1. The van der Waals surface area contributed by atoms with E-state index in [1.165, 1.54) is 7.11 Å². The Morgan fingerprint density at radius 1 is 1.26 bits per heavy atom. The number of ether oxygens (including phenoxy) is 3. The van der Waals surface area contributed by atoms with Gasteiger partial charge in [0.1, 0.15) is 11.5 Å². The van der Waals surface area contributed by atoms with Crippen LogP contribution in [0.4, 0.5) is 0 Å². The average molecular weight is 323 g/mol. The van der Waals surface area contributed by atoms with E-state index in [0.717, 1.165) is 17.1 Å². The van der Waals surface area contributed by atoms with E-state index < -0.39 is 0 Å². The smallest absolute Gasteiger partial charge is 0.307 e. The fraction of sp³-hybridized carbons (Fsp3) is 0.500. The number of hydrogen-bond acceptors (Lipinski definition) is 5. The maximum Gasteiger partial charge on any atom is 0.307 e. The van der Waals surface area contributed by atoms with Crippen LogP contribution in [0.1, 0.15) is 12.0 Å². The molecule has 0 saturated heterocycles. The van der Waals surface area contributed by atoms with Crippen molar-refractivity contribution in [2.24, 2.45) is 4.99 Å². The molecule has 128 valence electrons. The second-order valence-corrected chi connectivity index (χ2v) is 4.83. The third-order valence-corrected chi connectivity index (χ3v) is 3.32. The molecule has 0 radical (unpaired) electrons. The number of benzene rings is 1. The van der Waals surface area contributed by atoms with Crippen molar-refractivity contribution in [2.45, 2.75) is 13.0 Å². The lowest BCUT2D eigenvalue weighted by molar-refractivity contribution is -0.140. The first kappa shape index (κ1) is 18.6. The van der Waals surface area contributed by atoms with Crippen LogP contribution in [0.2, 0.25) is 0 Å². The molecule has 0 amide bonds. The minimum atomic E-state index is -0.257. The fourth-order valence-electron chi connectivity index (χ4n) is 2.08. The van der Waals surface area contributed by atoms with Crippen LogP contribution < -0.4 is 14.8 Å². The van der Waals surface area contributed by atoms with Crippen LogP contribution in [-0.2, 0) is 16.1 Å². The van der Waals surface area contributed by atoms with Crippen LogP contribution in [0.15, 0.2) is 23.2 Å². The second-order valence-electron chi connectivity index (χ2n) is 4.83. The molecule has 0 aliphatic heterocycles. The first-order valence-electron chi connectivity index (χ1n) is 7.25. The maximum atomic E-state index is 11.1. The molecule has 0 aromatic heterocycles. The van der Waals surface area contributed by atoms with Crippen LogP contribution in [-0.4, -0.2) is 58.8 Å². The second kappa shape index (κ2) is 9.55. The number of carbonyl (C=O) groups excluding carboxylic acids is 1. The lowest BCUT2D eigenvalue weighted by Gasteiger charge is -2.23. The van der Waals surface area contributed by atoms with Gasteiger partial charge in [0.25, 0.3) is 0 Å². The fourth-order valence-corrected chi connectivity index (χ4v) is 2.08. The summed E-state index contributed by atoms with van der Waals surface area (Å²) in [6.07, 6.45) is 0.287. The molecule has 1 aromatic rings. The highest BCUT2D eigenvalue weighted by Crippen LogP contribution is 2.25. The highest BCUT2D eigenvalue weighted by molar-refractivity contribution is 5.80. The van der Waals surface area contributed by atoms with E-state index in [4.69, 9.17) is 9.47 Å². The van der Waals surface area contributed by atoms with Gasteiger partial charge in [-0.2, -0.15) is 0 Å². The zero-order valence-electron chi connectivity index (χ0n) is 14.4. The first-order valence-corrected chi connectivity index (χ1v) is 7.25. The predicted octanol–water partition coefficient (Wildman–Crippen LogP) is 1.27. The zero-order valence-corrected chi connectivity index (χ0v) is 14.4. The number of methoxy groups -OCH3 is 3. The minimum absolute atomic E-state index is 0.257. The van der Waals surface area contributed by atoms with Gasteiger partial charge in [-0.3, -0.25) is 9.79 Å². The summed E-state index contributed by atoms with van der Waals surface area (Å²) in [7, 11) is 8.23. The van der Waals surface area contributed by atoms with Gasteiger partial charge in [0.05, 0.1) is 27.8 Å². The Morgan fingerprint density at radius 3 is 2.57 bits per heavy atom. The third-order valence-electron chi connectivity index (χ3n) is 3.32. The summed E-state index contributed by atoms with van der Waals surface area (Å²) < 4.78 is 15.2. The topological polar surface area (TPSA) is 72.4 Å². The van der Waals surface area contributed by atoms with Crippen molar-refractivity contribution in [3.63, 3.8) is 0 Å². The van der Waals surface area contributed by atoms with Crippen LogP contribution in [0.3, 0.4) is 0 Å². The van der Waals surface area contributed by atoms with Crippen molar-refractivity contribution in [2.75, 3.05) is 42.0 Å². The molecule has 0 unspecified atom stereocenters. The third kappa shape index (κ3) is 5.69. The lowest BCUT2D eigenvalue weighted by atomic mass is 10.2. The van der Waals surface area contributed by atoms with Gasteiger partial charge in [-0.05, 0) is 12.1 Å². The number of rotatable bonds is 7. The Balaban J connectivity index is 2.69. The van der Waals surface area contributed by atoms with E-state index in [2.05, 4.69) is 15.0 Å². The molecule has 7 heteroatoms. The Labute approximate surface area is 137 Å². The molecule has 0 spiro atoms. The summed E-state index contributed by atoms with van der Waals surface area (Å²) in [5, 5.41) is 3.12. The van der Waals surface area contributed by atoms with Crippen molar-refractivity contribution < 1.29 is 19.0 Å². The molecule has 7 nitrogen and oxygen atoms in total. The SMILES string of the molecule is CN=C(NCCC(=O)OC)N(C)Cc1ccc(OC)cc1OC. The molecule has 0 aliphatic rings. The largest absolute Gasteiger partial charge is 0.497 e. The van der Waals surface area contributed by atoms with Gasteiger partial charge in [-0.25, -0.2) is 0 Å². The van der Waals surface area contributed by atoms with Crippen LogP contribution in [0.25, 0.3) is 0 Å². The molecular weight excluding hydrogens is 298 g/mol. The van der Waals surface area contributed by atoms with Crippen LogP contribution >= 0.6 is 0 Å². The van der Waals surface area contributed by atoms with Crippen molar-refractivity contribution in [3.05, 3.63) is 23.8 Å². The van der Waals surface area contributed by atoms with Gasteiger partial charge in [-0.1, -0.05) is 0 Å². The Kier molecular flexibility index (Phi) is 7.73. The summed E-state index contributed by atoms with van der Waals surface area (Å²) >= 11 is 0. The Hall–Kier alpha value is -2.44. The Morgan fingerprint density at radius 2 is 2.00 bits per heavy atom. The summed E-state index contributed by atoms with van der Waals surface area (Å²) in [5.41, 5.74) is 1.01. The summed E-state index contributed by atoms with van der Waals surface area (Å²) in [4.78, 5) is 17.3. The number of guanidine groups is 1. The van der Waals surface area contributed by atoms with E-state index in [9.17, 15) is 4.79 Å². The molecule has 1 N–H and O–H groups in total.